The van der Waals surface area contributed by atoms with Crippen LogP contribution in [0, 0.1) is 0 Å². The first kappa shape index (κ1) is 33.7. The number of carbonyl (C=O) groups excluding carboxylic acids is 2. The summed E-state index contributed by atoms with van der Waals surface area (Å²) in [5.74, 6) is -1.96. The molecule has 1 fully saturated rings. The molecule has 45 heavy (non-hydrogen) atoms. The molecule has 0 saturated heterocycles. The fraction of sp³-hybridized carbons (Fsp3) is 0.423. The van der Waals surface area contributed by atoms with Crippen molar-refractivity contribution >= 4 is 58.0 Å². The van der Waals surface area contributed by atoms with E-state index >= 15 is 0 Å². The highest BCUT2D eigenvalue weighted by atomic mass is 127. The smallest absolute Gasteiger partial charge is 0.409 e. The predicted octanol–water partition coefficient (Wildman–Crippen LogP) is -0.362. The molecule has 2 heterocycles. The largest absolute Gasteiger partial charge is 0.480 e. The van der Waals surface area contributed by atoms with Crippen molar-refractivity contribution in [3.63, 3.8) is 0 Å². The molecule has 4 rings (SSSR count). The lowest BCUT2D eigenvalue weighted by Crippen LogP contribution is -2.53. The van der Waals surface area contributed by atoms with Gasteiger partial charge in [0.2, 0.25) is 12.2 Å². The molecule has 1 aliphatic rings. The SMILES string of the molecule is NC(=O)c1cnc(N[C@@H]2CCCC[C@@H]2NC(=O)O[C@@H](O)[C@@H](O)C(O)[C@H](O)C(I)C(=O)O)nc1Nc1cccc(-n2nccn2)c1. The molecule has 1 aliphatic carbocycles. The number of amides is 2. The number of anilines is 3. The highest BCUT2D eigenvalue weighted by Crippen LogP contribution is 2.25. The Balaban J connectivity index is 1.42. The van der Waals surface area contributed by atoms with Gasteiger partial charge in [0.15, 0.2) is 0 Å². The number of aromatic nitrogens is 5. The number of alkyl carbamates (subject to hydrolysis) is 1. The summed E-state index contributed by atoms with van der Waals surface area (Å²) in [4.78, 5) is 45.8. The van der Waals surface area contributed by atoms with Crippen LogP contribution >= 0.6 is 22.6 Å². The first-order valence-corrected chi connectivity index (χ1v) is 14.9. The minimum absolute atomic E-state index is 0.0298. The zero-order valence-electron chi connectivity index (χ0n) is 23.5. The van der Waals surface area contributed by atoms with Crippen molar-refractivity contribution in [1.29, 1.82) is 0 Å². The number of rotatable bonds is 13. The fourth-order valence-corrected chi connectivity index (χ4v) is 5.04. The molecule has 0 bridgehead atoms. The molecular weight excluding hydrogens is 709 g/mol. The second kappa shape index (κ2) is 15.2. The van der Waals surface area contributed by atoms with Crippen LogP contribution in [-0.4, -0.2) is 109 Å². The molecule has 18 nitrogen and oxygen atoms in total. The van der Waals surface area contributed by atoms with E-state index in [4.69, 9.17) is 15.6 Å². The van der Waals surface area contributed by atoms with Crippen molar-refractivity contribution in [2.24, 2.45) is 5.73 Å². The first-order chi connectivity index (χ1) is 21.4. The van der Waals surface area contributed by atoms with Crippen LogP contribution in [-0.2, 0) is 9.53 Å². The Labute approximate surface area is 269 Å². The van der Waals surface area contributed by atoms with Gasteiger partial charge in [-0.1, -0.05) is 41.5 Å². The molecule has 1 saturated carbocycles. The molecule has 2 amide bonds. The summed E-state index contributed by atoms with van der Waals surface area (Å²) in [6.45, 7) is 0. The van der Waals surface area contributed by atoms with Crippen LogP contribution in [0.3, 0.4) is 0 Å². The number of aliphatic hydroxyl groups excluding tert-OH is 4. The highest BCUT2D eigenvalue weighted by molar-refractivity contribution is 14.1. The average molecular weight is 741 g/mol. The number of hydrogen-bond donors (Lipinski definition) is 9. The van der Waals surface area contributed by atoms with Crippen molar-refractivity contribution in [2.75, 3.05) is 10.6 Å². The van der Waals surface area contributed by atoms with E-state index in [9.17, 15) is 34.8 Å². The van der Waals surface area contributed by atoms with Crippen molar-refractivity contribution in [2.45, 2.75) is 66.3 Å². The molecular formula is C26H32IN9O9. The highest BCUT2D eigenvalue weighted by Gasteiger charge is 2.39. The third-order valence-corrected chi connectivity index (χ3v) is 8.22. The minimum atomic E-state index is -2.28. The molecule has 2 unspecified atom stereocenters. The molecule has 1 aromatic carbocycles. The monoisotopic (exact) mass is 741 g/mol. The van der Waals surface area contributed by atoms with E-state index in [-0.39, 0.29) is 17.3 Å². The van der Waals surface area contributed by atoms with E-state index in [2.05, 4.69) is 36.1 Å². The van der Waals surface area contributed by atoms with Crippen molar-refractivity contribution in [1.82, 2.24) is 30.3 Å². The Morgan fingerprint density at radius 1 is 1.02 bits per heavy atom. The Hall–Kier alpha value is -4.18. The minimum Gasteiger partial charge on any atom is -0.480 e. The number of nitrogens with one attached hydrogen (secondary N) is 3. The fourth-order valence-electron chi connectivity index (χ4n) is 4.62. The second-order valence-electron chi connectivity index (χ2n) is 10.1. The van der Waals surface area contributed by atoms with E-state index in [1.54, 1.807) is 24.3 Å². The standard InChI is InChI=1S/C26H32IN9O9/c27-17(23(41)42)18(37)19(38)20(39)24(43)45-26(44)34-16-7-2-1-6-15(16)33-25-29-11-14(21(28)40)22(35-25)32-12-4-3-5-13(10-12)36-30-8-9-31-36/h3-5,8-11,15-20,24,37-39,43H,1-2,6-7H2,(H2,28,40)(H,34,44)(H,41,42)(H2,29,32,33,35)/t15-,16+,17?,18-,19?,20+,24-/m1/s1. The Morgan fingerprint density at radius 3 is 2.38 bits per heavy atom. The number of carbonyl (C=O) groups is 3. The number of halogens is 1. The number of nitrogens with zero attached hydrogens (tertiary/aromatic N) is 5. The number of carboxylic acids is 1. The maximum absolute atomic E-state index is 12.6. The quantitative estimate of drug-likeness (QED) is 0.0615. The second-order valence-corrected chi connectivity index (χ2v) is 11.4. The third kappa shape index (κ3) is 8.72. The average Bonchev–Trinajstić information content (AvgIpc) is 3.56. The molecule has 0 radical (unpaired) electrons. The number of primary amides is 1. The van der Waals surface area contributed by atoms with E-state index in [0.717, 1.165) is 12.8 Å². The zero-order chi connectivity index (χ0) is 32.7. The summed E-state index contributed by atoms with van der Waals surface area (Å²) < 4.78 is 3.29. The number of carboxylic acid groups (broad SMARTS) is 1. The maximum Gasteiger partial charge on any atom is 0.409 e. The number of alkyl halides is 1. The first-order valence-electron chi connectivity index (χ1n) is 13.7. The van der Waals surface area contributed by atoms with Gasteiger partial charge in [-0.3, -0.25) is 9.59 Å². The lowest BCUT2D eigenvalue weighted by atomic mass is 9.90. The topological polar surface area (TPSA) is 280 Å². The molecule has 10 N–H and O–H groups in total. The number of benzene rings is 1. The zero-order valence-corrected chi connectivity index (χ0v) is 25.6. The van der Waals surface area contributed by atoms with E-state index in [1.807, 2.05) is 0 Å². The number of hydrogen-bond acceptors (Lipinski definition) is 14. The van der Waals surface area contributed by atoms with Gasteiger partial charge >= 0.3 is 12.1 Å². The van der Waals surface area contributed by atoms with Crippen LogP contribution in [0.25, 0.3) is 5.69 Å². The van der Waals surface area contributed by atoms with E-state index in [1.165, 1.54) is 46.0 Å². The van der Waals surface area contributed by atoms with Gasteiger partial charge in [0.25, 0.3) is 5.91 Å². The molecule has 7 atom stereocenters. The Kier molecular flexibility index (Phi) is 11.4. The van der Waals surface area contributed by atoms with Gasteiger partial charge in [-0.15, -0.1) is 0 Å². The van der Waals surface area contributed by atoms with Crippen molar-refractivity contribution in [3.05, 3.63) is 48.4 Å². The van der Waals surface area contributed by atoms with E-state index in [0.29, 0.717) is 24.2 Å². The summed E-state index contributed by atoms with van der Waals surface area (Å²) in [5.41, 5.74) is 6.80. The lowest BCUT2D eigenvalue weighted by Gasteiger charge is -2.33. The summed E-state index contributed by atoms with van der Waals surface area (Å²) in [6, 6.07) is 6.07. The van der Waals surface area contributed by atoms with Gasteiger partial charge in [-0.25, -0.2) is 9.78 Å². The van der Waals surface area contributed by atoms with Crippen LogP contribution in [0.1, 0.15) is 36.0 Å². The number of aliphatic hydroxyl groups is 4. The Morgan fingerprint density at radius 2 is 1.71 bits per heavy atom. The van der Waals surface area contributed by atoms with Gasteiger partial charge in [0.1, 0.15) is 33.6 Å². The molecule has 2 aromatic heterocycles. The van der Waals surface area contributed by atoms with Gasteiger partial charge < -0.3 is 52.0 Å². The molecule has 19 heteroatoms. The van der Waals surface area contributed by atoms with Crippen molar-refractivity contribution in [3.8, 4) is 5.69 Å². The van der Waals surface area contributed by atoms with Crippen molar-refractivity contribution < 1.29 is 44.7 Å². The number of aliphatic carboxylic acids is 1. The van der Waals surface area contributed by atoms with Gasteiger partial charge in [0.05, 0.1) is 24.1 Å². The van der Waals surface area contributed by atoms with Gasteiger partial charge in [-0.05, 0) is 31.0 Å². The summed E-state index contributed by atoms with van der Waals surface area (Å²) >= 11 is 1.35. The number of ether oxygens (including phenoxy) is 1. The normalized spacial score (nSPS) is 19.8. The van der Waals surface area contributed by atoms with Crippen LogP contribution in [0.2, 0.25) is 0 Å². The van der Waals surface area contributed by atoms with E-state index < -0.39 is 58.6 Å². The van der Waals surface area contributed by atoms with Gasteiger partial charge in [-0.2, -0.15) is 20.0 Å². The summed E-state index contributed by atoms with van der Waals surface area (Å²) in [7, 11) is 0. The third-order valence-electron chi connectivity index (χ3n) is 6.95. The molecule has 0 aliphatic heterocycles. The predicted molar refractivity (Wildman–Crippen MR) is 164 cm³/mol. The van der Waals surface area contributed by atoms with Crippen LogP contribution in [0.15, 0.2) is 42.9 Å². The van der Waals surface area contributed by atoms with Crippen LogP contribution in [0.5, 0.6) is 0 Å². The molecule has 0 spiro atoms. The molecule has 3 aromatic rings. The summed E-state index contributed by atoms with van der Waals surface area (Å²) in [5, 5.41) is 66.2. The Bertz CT molecular complexity index is 1480. The van der Waals surface area contributed by atoms with Crippen LogP contribution < -0.4 is 21.7 Å². The molecule has 242 valence electrons. The maximum atomic E-state index is 12.6. The van der Waals surface area contributed by atoms with Crippen LogP contribution in [0.4, 0.5) is 22.2 Å². The number of nitrogens with two attached hydrogens (primary N) is 1. The van der Waals surface area contributed by atoms with Gasteiger partial charge in [0, 0.05) is 17.9 Å². The lowest BCUT2D eigenvalue weighted by molar-refractivity contribution is -0.179. The summed E-state index contributed by atoms with van der Waals surface area (Å²) in [6.07, 6.45) is -2.71.